The lowest BCUT2D eigenvalue weighted by Crippen LogP contribution is -2.15. The predicted octanol–water partition coefficient (Wildman–Crippen LogP) is 2.97. The Morgan fingerprint density at radius 3 is 2.45 bits per heavy atom. The van der Waals surface area contributed by atoms with Gasteiger partial charge in [-0.1, -0.05) is 30.3 Å². The van der Waals surface area contributed by atoms with Crippen LogP contribution in [0.4, 0.5) is 13.2 Å². The molecule has 0 aliphatic rings. The summed E-state index contributed by atoms with van der Waals surface area (Å²) >= 11 is 0.470. The third-order valence-electron chi connectivity index (χ3n) is 2.57. The SMILES string of the molecule is O=C(O)C(Cc1ccccc1)c1nc(C(F)(F)F)ns1. The van der Waals surface area contributed by atoms with Crippen molar-refractivity contribution in [3.05, 3.63) is 46.7 Å². The summed E-state index contributed by atoms with van der Waals surface area (Å²) in [7, 11) is 0. The molecule has 1 atom stereocenters. The maximum Gasteiger partial charge on any atom is 0.452 e. The third kappa shape index (κ3) is 3.32. The summed E-state index contributed by atoms with van der Waals surface area (Å²) in [6.45, 7) is 0. The van der Waals surface area contributed by atoms with Gasteiger partial charge in [0.25, 0.3) is 0 Å². The Balaban J connectivity index is 2.25. The van der Waals surface area contributed by atoms with Crippen molar-refractivity contribution in [1.29, 1.82) is 0 Å². The topological polar surface area (TPSA) is 63.1 Å². The number of hydrogen-bond acceptors (Lipinski definition) is 4. The van der Waals surface area contributed by atoms with E-state index in [1.54, 1.807) is 30.3 Å². The molecule has 0 saturated heterocycles. The molecule has 2 aromatic rings. The zero-order chi connectivity index (χ0) is 14.8. The Hall–Kier alpha value is -1.96. The molecule has 0 fully saturated rings. The molecule has 1 heterocycles. The number of carboxylic acid groups (broad SMARTS) is 1. The molecule has 1 aromatic carbocycles. The molecule has 0 amide bonds. The molecule has 0 bridgehead atoms. The van der Waals surface area contributed by atoms with E-state index in [1.165, 1.54) is 0 Å². The van der Waals surface area contributed by atoms with Crippen LogP contribution >= 0.6 is 11.5 Å². The normalized spacial score (nSPS) is 13.2. The van der Waals surface area contributed by atoms with E-state index in [2.05, 4.69) is 9.36 Å². The van der Waals surface area contributed by atoms with Gasteiger partial charge in [0.1, 0.15) is 10.9 Å². The summed E-state index contributed by atoms with van der Waals surface area (Å²) in [5.41, 5.74) is 0.712. The van der Waals surface area contributed by atoms with Gasteiger partial charge in [-0.15, -0.1) is 0 Å². The Labute approximate surface area is 116 Å². The van der Waals surface area contributed by atoms with E-state index in [0.29, 0.717) is 17.1 Å². The van der Waals surface area contributed by atoms with Crippen LogP contribution in [0.1, 0.15) is 22.3 Å². The van der Waals surface area contributed by atoms with Crippen molar-refractivity contribution in [3.63, 3.8) is 0 Å². The minimum Gasteiger partial charge on any atom is -0.481 e. The lowest BCUT2D eigenvalue weighted by Gasteiger charge is -2.08. The molecule has 4 nitrogen and oxygen atoms in total. The highest BCUT2D eigenvalue weighted by Crippen LogP contribution is 2.30. The largest absolute Gasteiger partial charge is 0.481 e. The van der Waals surface area contributed by atoms with Crippen LogP contribution in [-0.4, -0.2) is 20.4 Å². The maximum atomic E-state index is 12.4. The summed E-state index contributed by atoms with van der Waals surface area (Å²) in [6, 6.07) is 8.65. The number of rotatable bonds is 4. The fraction of sp³-hybridized carbons (Fsp3) is 0.250. The fourth-order valence-electron chi connectivity index (χ4n) is 1.62. The second kappa shape index (κ2) is 5.58. The minimum absolute atomic E-state index is 0.0721. The van der Waals surface area contributed by atoms with Gasteiger partial charge in [0.05, 0.1) is 0 Å². The Morgan fingerprint density at radius 2 is 1.95 bits per heavy atom. The quantitative estimate of drug-likeness (QED) is 0.943. The Kier molecular flexibility index (Phi) is 4.03. The molecule has 0 aliphatic heterocycles. The summed E-state index contributed by atoms with van der Waals surface area (Å²) in [6.07, 6.45) is -4.59. The fourth-order valence-corrected chi connectivity index (χ4v) is 2.38. The van der Waals surface area contributed by atoms with Crippen LogP contribution in [0.3, 0.4) is 0 Å². The smallest absolute Gasteiger partial charge is 0.452 e. The lowest BCUT2D eigenvalue weighted by atomic mass is 10.0. The minimum atomic E-state index is -4.66. The van der Waals surface area contributed by atoms with Gasteiger partial charge >= 0.3 is 12.1 Å². The lowest BCUT2D eigenvalue weighted by molar-refractivity contribution is -0.145. The van der Waals surface area contributed by atoms with Crippen molar-refractivity contribution in [3.8, 4) is 0 Å². The van der Waals surface area contributed by atoms with E-state index >= 15 is 0 Å². The van der Waals surface area contributed by atoms with Gasteiger partial charge in [0, 0.05) is 0 Å². The van der Waals surface area contributed by atoms with E-state index in [4.69, 9.17) is 5.11 Å². The molecule has 1 aromatic heterocycles. The van der Waals surface area contributed by atoms with Crippen LogP contribution in [-0.2, 0) is 17.4 Å². The number of benzene rings is 1. The monoisotopic (exact) mass is 302 g/mol. The molecule has 1 N–H and O–H groups in total. The number of halogens is 3. The molecule has 106 valence electrons. The van der Waals surface area contributed by atoms with Gasteiger partial charge in [0.15, 0.2) is 0 Å². The second-order valence-electron chi connectivity index (χ2n) is 4.03. The predicted molar refractivity (Wildman–Crippen MR) is 65.4 cm³/mol. The van der Waals surface area contributed by atoms with Crippen LogP contribution in [0.25, 0.3) is 0 Å². The summed E-state index contributed by atoms with van der Waals surface area (Å²) in [5, 5.41) is 9.01. The van der Waals surface area contributed by atoms with Crippen LogP contribution in [0, 0.1) is 0 Å². The Bertz CT molecular complexity index is 598. The van der Waals surface area contributed by atoms with Gasteiger partial charge in [0.2, 0.25) is 5.82 Å². The van der Waals surface area contributed by atoms with Gasteiger partial charge in [-0.2, -0.15) is 17.5 Å². The third-order valence-corrected chi connectivity index (χ3v) is 3.40. The average Bonchev–Trinajstić information content (AvgIpc) is 2.86. The van der Waals surface area contributed by atoms with E-state index in [9.17, 15) is 18.0 Å². The van der Waals surface area contributed by atoms with E-state index in [0.717, 1.165) is 0 Å². The summed E-state index contributed by atoms with van der Waals surface area (Å²) in [4.78, 5) is 14.5. The standard InChI is InChI=1S/C12H9F3N2O2S/c13-12(14,15)11-16-9(20-17-11)8(10(18)19)6-7-4-2-1-3-5-7/h1-5,8H,6H2,(H,18,19). The second-order valence-corrected chi connectivity index (χ2v) is 4.82. The zero-order valence-corrected chi connectivity index (χ0v) is 10.8. The van der Waals surface area contributed by atoms with Crippen molar-refractivity contribution in [2.45, 2.75) is 18.5 Å². The summed E-state index contributed by atoms with van der Waals surface area (Å²) in [5.74, 6) is -3.65. The van der Waals surface area contributed by atoms with Crippen LogP contribution in [0.15, 0.2) is 30.3 Å². The highest BCUT2D eigenvalue weighted by molar-refractivity contribution is 7.05. The molecular weight excluding hydrogens is 293 g/mol. The van der Waals surface area contributed by atoms with Gasteiger partial charge in [-0.3, -0.25) is 4.79 Å². The molecule has 0 saturated carbocycles. The number of alkyl halides is 3. The number of hydrogen-bond donors (Lipinski definition) is 1. The molecule has 2 rings (SSSR count). The van der Waals surface area contributed by atoms with Crippen LogP contribution in [0.2, 0.25) is 0 Å². The first-order valence-electron chi connectivity index (χ1n) is 5.55. The van der Waals surface area contributed by atoms with Gasteiger partial charge in [-0.05, 0) is 23.5 Å². The molecule has 0 radical (unpaired) electrons. The molecule has 1 unspecified atom stereocenters. The molecule has 8 heteroatoms. The van der Waals surface area contributed by atoms with E-state index in [1.807, 2.05) is 0 Å². The summed E-state index contributed by atoms with van der Waals surface area (Å²) < 4.78 is 40.5. The van der Waals surface area contributed by atoms with Crippen LogP contribution in [0.5, 0.6) is 0 Å². The highest BCUT2D eigenvalue weighted by atomic mass is 32.1. The van der Waals surface area contributed by atoms with Crippen molar-refractivity contribution in [2.75, 3.05) is 0 Å². The number of carbonyl (C=O) groups is 1. The van der Waals surface area contributed by atoms with Crippen molar-refractivity contribution < 1.29 is 23.1 Å². The van der Waals surface area contributed by atoms with Crippen molar-refractivity contribution in [1.82, 2.24) is 9.36 Å². The number of aromatic nitrogens is 2. The first-order chi connectivity index (χ1) is 9.38. The molecule has 20 heavy (non-hydrogen) atoms. The molecular formula is C12H9F3N2O2S. The number of carboxylic acids is 1. The van der Waals surface area contributed by atoms with Gasteiger partial charge < -0.3 is 5.11 Å². The number of aliphatic carboxylic acids is 1. The highest BCUT2D eigenvalue weighted by Gasteiger charge is 2.37. The first-order valence-corrected chi connectivity index (χ1v) is 6.33. The van der Waals surface area contributed by atoms with E-state index in [-0.39, 0.29) is 11.4 Å². The Morgan fingerprint density at radius 1 is 1.30 bits per heavy atom. The maximum absolute atomic E-state index is 12.4. The molecule has 0 aliphatic carbocycles. The van der Waals surface area contributed by atoms with Crippen molar-refractivity contribution in [2.24, 2.45) is 0 Å². The van der Waals surface area contributed by atoms with Crippen molar-refractivity contribution >= 4 is 17.5 Å². The zero-order valence-electron chi connectivity index (χ0n) is 9.96. The number of nitrogens with zero attached hydrogens (tertiary/aromatic N) is 2. The molecule has 0 spiro atoms. The van der Waals surface area contributed by atoms with E-state index < -0.39 is 23.9 Å². The van der Waals surface area contributed by atoms with Gasteiger partial charge in [-0.25, -0.2) is 4.98 Å². The first kappa shape index (κ1) is 14.4. The van der Waals surface area contributed by atoms with Crippen LogP contribution < -0.4 is 0 Å². The average molecular weight is 302 g/mol.